The number of hydrogen-bond acceptors (Lipinski definition) is 3. The quantitative estimate of drug-likeness (QED) is 0.713. The van der Waals surface area contributed by atoms with E-state index in [0.717, 1.165) is 45.0 Å². The Bertz CT molecular complexity index is 354. The number of morpholine rings is 1. The second kappa shape index (κ2) is 5.27. The lowest BCUT2D eigenvalue weighted by Crippen LogP contribution is -2.38. The van der Waals surface area contributed by atoms with Crippen LogP contribution in [0.5, 0.6) is 0 Å². The van der Waals surface area contributed by atoms with Crippen LogP contribution in [-0.2, 0) is 11.3 Å². The number of ether oxygens (including phenoxy) is 1. The Morgan fingerprint density at radius 1 is 1.38 bits per heavy atom. The predicted octanol–water partition coefficient (Wildman–Crippen LogP) is 1.02. The van der Waals surface area contributed by atoms with Gasteiger partial charge >= 0.3 is 0 Å². The van der Waals surface area contributed by atoms with E-state index in [2.05, 4.69) is 9.47 Å². The lowest BCUT2D eigenvalue weighted by atomic mass is 10.2. The summed E-state index contributed by atoms with van der Waals surface area (Å²) in [6.07, 6.45) is 3.89. The fraction of sp³-hybridized carbons (Fsp3) is 0.583. The van der Waals surface area contributed by atoms with Crippen LogP contribution in [0.15, 0.2) is 18.5 Å². The van der Waals surface area contributed by atoms with Crippen LogP contribution in [0.3, 0.4) is 0 Å². The molecule has 16 heavy (non-hydrogen) atoms. The van der Waals surface area contributed by atoms with Crippen LogP contribution in [0, 0.1) is 0 Å². The van der Waals surface area contributed by atoms with E-state index in [-0.39, 0.29) is 5.78 Å². The number of ketones is 1. The normalized spacial score (nSPS) is 17.6. The Morgan fingerprint density at radius 3 is 2.75 bits per heavy atom. The number of hydrogen-bond donors (Lipinski definition) is 0. The molecule has 0 amide bonds. The van der Waals surface area contributed by atoms with Crippen LogP contribution in [0.4, 0.5) is 0 Å². The summed E-state index contributed by atoms with van der Waals surface area (Å²) in [5, 5.41) is 0. The van der Waals surface area contributed by atoms with Gasteiger partial charge in [-0.1, -0.05) is 0 Å². The summed E-state index contributed by atoms with van der Waals surface area (Å²) in [6, 6.07) is 1.88. The van der Waals surface area contributed by atoms with E-state index in [1.54, 1.807) is 6.92 Å². The van der Waals surface area contributed by atoms with Crippen molar-refractivity contribution in [2.45, 2.75) is 13.5 Å². The van der Waals surface area contributed by atoms with Gasteiger partial charge in [0, 0.05) is 44.1 Å². The average Bonchev–Trinajstić information content (AvgIpc) is 2.76. The summed E-state index contributed by atoms with van der Waals surface area (Å²) in [5.74, 6) is 0.130. The summed E-state index contributed by atoms with van der Waals surface area (Å²) in [4.78, 5) is 13.5. The van der Waals surface area contributed by atoms with Gasteiger partial charge in [-0.15, -0.1) is 0 Å². The molecule has 4 nitrogen and oxygen atoms in total. The molecule has 2 rings (SSSR count). The van der Waals surface area contributed by atoms with Crippen LogP contribution in [0.2, 0.25) is 0 Å². The molecule has 0 unspecified atom stereocenters. The van der Waals surface area contributed by atoms with Crippen LogP contribution >= 0.6 is 0 Å². The molecule has 0 aliphatic carbocycles. The second-order valence-corrected chi connectivity index (χ2v) is 4.15. The number of carbonyl (C=O) groups excluding carboxylic acids is 1. The van der Waals surface area contributed by atoms with E-state index in [1.807, 2.05) is 18.5 Å². The van der Waals surface area contributed by atoms with Gasteiger partial charge in [0.05, 0.1) is 13.2 Å². The van der Waals surface area contributed by atoms with Gasteiger partial charge in [0.15, 0.2) is 5.78 Å². The van der Waals surface area contributed by atoms with E-state index >= 15 is 0 Å². The molecule has 1 fully saturated rings. The van der Waals surface area contributed by atoms with Crippen molar-refractivity contribution in [2.75, 3.05) is 32.8 Å². The zero-order valence-electron chi connectivity index (χ0n) is 9.69. The molecule has 2 heterocycles. The van der Waals surface area contributed by atoms with Crippen molar-refractivity contribution < 1.29 is 9.53 Å². The first-order chi connectivity index (χ1) is 7.75. The zero-order valence-corrected chi connectivity index (χ0v) is 9.69. The van der Waals surface area contributed by atoms with Crippen LogP contribution < -0.4 is 0 Å². The third-order valence-electron chi connectivity index (χ3n) is 2.94. The van der Waals surface area contributed by atoms with Crippen molar-refractivity contribution in [1.82, 2.24) is 9.47 Å². The van der Waals surface area contributed by atoms with Gasteiger partial charge in [0.2, 0.25) is 0 Å². The van der Waals surface area contributed by atoms with E-state index in [1.165, 1.54) is 0 Å². The second-order valence-electron chi connectivity index (χ2n) is 4.15. The maximum Gasteiger partial charge on any atom is 0.161 e. The molecule has 1 aromatic heterocycles. The first-order valence-corrected chi connectivity index (χ1v) is 5.72. The van der Waals surface area contributed by atoms with Crippen LogP contribution in [0.1, 0.15) is 17.3 Å². The van der Waals surface area contributed by atoms with E-state index in [4.69, 9.17) is 4.74 Å². The van der Waals surface area contributed by atoms with Crippen LogP contribution in [-0.4, -0.2) is 48.1 Å². The highest BCUT2D eigenvalue weighted by molar-refractivity contribution is 5.93. The topological polar surface area (TPSA) is 34.5 Å². The minimum atomic E-state index is 0.130. The Balaban J connectivity index is 1.81. The Kier molecular flexibility index (Phi) is 3.74. The third kappa shape index (κ3) is 2.93. The monoisotopic (exact) mass is 222 g/mol. The molecule has 4 heteroatoms. The van der Waals surface area contributed by atoms with E-state index in [0.29, 0.717) is 0 Å². The SMILES string of the molecule is CC(=O)c1ccn(CCN2CCOCC2)c1. The highest BCUT2D eigenvalue weighted by Crippen LogP contribution is 2.03. The van der Waals surface area contributed by atoms with Gasteiger partial charge in [0.25, 0.3) is 0 Å². The molecular formula is C12H18N2O2. The molecule has 0 N–H and O–H groups in total. The van der Waals surface area contributed by atoms with Gasteiger partial charge in [-0.25, -0.2) is 0 Å². The minimum absolute atomic E-state index is 0.130. The molecule has 0 aromatic carbocycles. The van der Waals surface area contributed by atoms with Gasteiger partial charge in [-0.3, -0.25) is 9.69 Å². The van der Waals surface area contributed by atoms with E-state index in [9.17, 15) is 4.79 Å². The largest absolute Gasteiger partial charge is 0.379 e. The van der Waals surface area contributed by atoms with E-state index < -0.39 is 0 Å². The summed E-state index contributed by atoms with van der Waals surface area (Å²) >= 11 is 0. The Labute approximate surface area is 95.8 Å². The number of rotatable bonds is 4. The van der Waals surface area contributed by atoms with Crippen molar-refractivity contribution >= 4 is 5.78 Å². The fourth-order valence-electron chi connectivity index (χ4n) is 1.87. The highest BCUT2D eigenvalue weighted by atomic mass is 16.5. The van der Waals surface area contributed by atoms with Crippen molar-refractivity contribution in [3.63, 3.8) is 0 Å². The number of carbonyl (C=O) groups is 1. The van der Waals surface area contributed by atoms with Crippen molar-refractivity contribution in [1.29, 1.82) is 0 Å². The first kappa shape index (κ1) is 11.4. The lowest BCUT2D eigenvalue weighted by molar-refractivity contribution is 0.0364. The highest BCUT2D eigenvalue weighted by Gasteiger charge is 2.09. The smallest absolute Gasteiger partial charge is 0.161 e. The fourth-order valence-corrected chi connectivity index (χ4v) is 1.87. The molecule has 0 atom stereocenters. The molecular weight excluding hydrogens is 204 g/mol. The van der Waals surface area contributed by atoms with Crippen molar-refractivity contribution in [2.24, 2.45) is 0 Å². The summed E-state index contributed by atoms with van der Waals surface area (Å²) in [6.45, 7) is 7.26. The molecule has 1 aromatic rings. The number of aromatic nitrogens is 1. The molecule has 88 valence electrons. The Morgan fingerprint density at radius 2 is 2.12 bits per heavy atom. The third-order valence-corrected chi connectivity index (χ3v) is 2.94. The number of nitrogens with zero attached hydrogens (tertiary/aromatic N) is 2. The maximum absolute atomic E-state index is 11.1. The molecule has 0 spiro atoms. The zero-order chi connectivity index (χ0) is 11.4. The lowest BCUT2D eigenvalue weighted by Gasteiger charge is -2.26. The van der Waals surface area contributed by atoms with Crippen molar-refractivity contribution in [3.8, 4) is 0 Å². The van der Waals surface area contributed by atoms with Crippen molar-refractivity contribution in [3.05, 3.63) is 24.0 Å². The van der Waals surface area contributed by atoms with Gasteiger partial charge in [-0.2, -0.15) is 0 Å². The first-order valence-electron chi connectivity index (χ1n) is 5.72. The summed E-state index contributed by atoms with van der Waals surface area (Å²) in [7, 11) is 0. The molecule has 1 saturated heterocycles. The van der Waals surface area contributed by atoms with Gasteiger partial charge < -0.3 is 9.30 Å². The molecule has 0 bridgehead atoms. The summed E-state index contributed by atoms with van der Waals surface area (Å²) < 4.78 is 7.37. The molecule has 1 aliphatic heterocycles. The standard InChI is InChI=1S/C12H18N2O2/c1-11(15)12-2-3-14(10-12)5-4-13-6-8-16-9-7-13/h2-3,10H,4-9H2,1H3. The maximum atomic E-state index is 11.1. The van der Waals surface area contributed by atoms with Crippen LogP contribution in [0.25, 0.3) is 0 Å². The minimum Gasteiger partial charge on any atom is -0.379 e. The average molecular weight is 222 g/mol. The molecule has 0 radical (unpaired) electrons. The number of Topliss-reactive ketones (excluding diaryl/α,β-unsaturated/α-hetero) is 1. The van der Waals surface area contributed by atoms with Gasteiger partial charge in [0.1, 0.15) is 0 Å². The predicted molar refractivity (Wildman–Crippen MR) is 61.7 cm³/mol. The molecule has 0 saturated carbocycles. The Hall–Kier alpha value is -1.13. The molecule has 1 aliphatic rings. The van der Waals surface area contributed by atoms with Gasteiger partial charge in [-0.05, 0) is 13.0 Å². The summed E-state index contributed by atoms with van der Waals surface area (Å²) in [5.41, 5.74) is 0.793.